The van der Waals surface area contributed by atoms with Crippen LogP contribution in [0.25, 0.3) is 11.3 Å². The molecule has 0 fully saturated rings. The highest BCUT2D eigenvalue weighted by Crippen LogP contribution is 2.39. The Labute approximate surface area is 204 Å². The molecule has 2 aromatic heterocycles. The molecule has 1 atom stereocenters. The van der Waals surface area contributed by atoms with E-state index in [4.69, 9.17) is 0 Å². The van der Waals surface area contributed by atoms with Crippen molar-refractivity contribution in [2.75, 3.05) is 16.8 Å². The second kappa shape index (κ2) is 9.65. The van der Waals surface area contributed by atoms with Gasteiger partial charge in [-0.3, -0.25) is 4.99 Å². The monoisotopic (exact) mass is 479 g/mol. The van der Waals surface area contributed by atoms with E-state index in [9.17, 15) is 4.39 Å². The minimum atomic E-state index is -0.655. The molecule has 4 rings (SSSR count). The lowest BCUT2D eigenvalue weighted by Gasteiger charge is -2.37. The summed E-state index contributed by atoms with van der Waals surface area (Å²) in [6, 6.07) is 7.11. The van der Waals surface area contributed by atoms with Gasteiger partial charge in [0.1, 0.15) is 17.2 Å². The van der Waals surface area contributed by atoms with E-state index in [1.807, 2.05) is 44.7 Å². The third-order valence-electron chi connectivity index (χ3n) is 6.08. The Morgan fingerprint density at radius 2 is 1.97 bits per heavy atom. The summed E-state index contributed by atoms with van der Waals surface area (Å²) in [5.41, 5.74) is 2.75. The van der Waals surface area contributed by atoms with Crippen LogP contribution in [-0.2, 0) is 13.0 Å². The molecule has 35 heavy (non-hydrogen) atoms. The molecule has 2 N–H and O–H groups in total. The lowest BCUT2D eigenvalue weighted by Crippen LogP contribution is -2.41. The zero-order valence-corrected chi connectivity index (χ0v) is 20.8. The summed E-state index contributed by atoms with van der Waals surface area (Å²) in [6.07, 6.45) is 1.89. The van der Waals surface area contributed by atoms with E-state index in [1.54, 1.807) is 6.07 Å². The summed E-state index contributed by atoms with van der Waals surface area (Å²) < 4.78 is 30.0. The van der Waals surface area contributed by atoms with Crippen LogP contribution in [0.15, 0.2) is 35.5 Å². The Kier molecular flexibility index (Phi) is 6.80. The first-order valence-corrected chi connectivity index (χ1v) is 11.7. The summed E-state index contributed by atoms with van der Waals surface area (Å²) in [5.74, 6) is -0.510. The predicted molar refractivity (Wildman–Crippen MR) is 137 cm³/mol. The van der Waals surface area contributed by atoms with Gasteiger partial charge in [0.2, 0.25) is 5.95 Å². The number of benzene rings is 1. The molecule has 184 valence electrons. The first-order chi connectivity index (χ1) is 16.6. The van der Waals surface area contributed by atoms with Crippen LogP contribution in [0.5, 0.6) is 0 Å². The van der Waals surface area contributed by atoms with Gasteiger partial charge in [-0.1, -0.05) is 6.07 Å². The molecule has 1 aromatic carbocycles. The third-order valence-corrected chi connectivity index (χ3v) is 6.08. The van der Waals surface area contributed by atoms with Gasteiger partial charge in [0.05, 0.1) is 11.9 Å². The molecule has 0 radical (unpaired) electrons. The van der Waals surface area contributed by atoms with Gasteiger partial charge in [-0.05, 0) is 65.1 Å². The fourth-order valence-electron chi connectivity index (χ4n) is 4.42. The molecular weight excluding hydrogens is 448 g/mol. The summed E-state index contributed by atoms with van der Waals surface area (Å²) in [5, 5.41) is 6.47. The lowest BCUT2D eigenvalue weighted by molar-refractivity contribution is 0.505. The minimum Gasteiger partial charge on any atom is -0.365 e. The second-order valence-electron chi connectivity index (χ2n) is 9.70. The maximum absolute atomic E-state index is 15.1. The highest BCUT2D eigenvalue weighted by molar-refractivity contribution is 5.78. The Balaban J connectivity index is 1.72. The molecule has 7 nitrogen and oxygen atoms in total. The number of halogens is 2. The Bertz CT molecular complexity index is 1250. The van der Waals surface area contributed by atoms with Crippen molar-refractivity contribution >= 4 is 29.9 Å². The number of fused-ring (bicyclic) bond motifs is 1. The number of hydrogen-bond donors (Lipinski definition) is 2. The van der Waals surface area contributed by atoms with Crippen LogP contribution in [-0.4, -0.2) is 39.8 Å². The van der Waals surface area contributed by atoms with Crippen LogP contribution >= 0.6 is 0 Å². The minimum absolute atomic E-state index is 0.0148. The quantitative estimate of drug-likeness (QED) is 0.451. The van der Waals surface area contributed by atoms with Crippen LogP contribution in [0.2, 0.25) is 0 Å². The van der Waals surface area contributed by atoms with E-state index >= 15 is 4.39 Å². The molecule has 0 bridgehead atoms. The van der Waals surface area contributed by atoms with E-state index in [0.29, 0.717) is 24.1 Å². The number of hydrogen-bond acceptors (Lipinski definition) is 7. The Hall–Kier alpha value is -3.46. The smallest absolute Gasteiger partial charge is 0.229 e. The summed E-state index contributed by atoms with van der Waals surface area (Å²) >= 11 is 0. The summed E-state index contributed by atoms with van der Waals surface area (Å²) in [6.45, 7) is 15.0. The normalized spacial score (nSPS) is 15.5. The van der Waals surface area contributed by atoms with E-state index in [1.165, 1.54) is 6.07 Å². The maximum Gasteiger partial charge on any atom is 0.229 e. The highest BCUT2D eigenvalue weighted by Gasteiger charge is 2.26. The van der Waals surface area contributed by atoms with Gasteiger partial charge in [0.15, 0.2) is 11.6 Å². The molecule has 1 aliphatic heterocycles. The van der Waals surface area contributed by atoms with Gasteiger partial charge in [-0.25, -0.2) is 23.7 Å². The molecular formula is C26H31F2N7. The van der Waals surface area contributed by atoms with Gasteiger partial charge in [-0.15, -0.1) is 0 Å². The lowest BCUT2D eigenvalue weighted by atomic mass is 10.0. The fraction of sp³-hybridized carbons (Fsp3) is 0.385. The first-order valence-electron chi connectivity index (χ1n) is 11.7. The molecule has 3 aromatic rings. The average Bonchev–Trinajstić information content (AvgIpc) is 2.79. The van der Waals surface area contributed by atoms with Crippen molar-refractivity contribution in [1.29, 1.82) is 0 Å². The van der Waals surface area contributed by atoms with Crippen molar-refractivity contribution in [3.8, 4) is 11.3 Å². The van der Waals surface area contributed by atoms with E-state index in [-0.39, 0.29) is 28.4 Å². The highest BCUT2D eigenvalue weighted by atomic mass is 19.1. The van der Waals surface area contributed by atoms with Crippen molar-refractivity contribution in [2.24, 2.45) is 4.99 Å². The molecule has 1 unspecified atom stereocenters. The largest absolute Gasteiger partial charge is 0.365 e. The van der Waals surface area contributed by atoms with Crippen molar-refractivity contribution in [1.82, 2.24) is 20.3 Å². The van der Waals surface area contributed by atoms with Crippen molar-refractivity contribution in [3.05, 3.63) is 53.4 Å². The van der Waals surface area contributed by atoms with Crippen molar-refractivity contribution in [3.63, 3.8) is 0 Å². The number of anilines is 3. The number of aliphatic imine (C=N–C) groups is 1. The molecule has 9 heteroatoms. The molecule has 0 aliphatic carbocycles. The maximum atomic E-state index is 15.1. The zero-order chi connectivity index (χ0) is 25.3. The first kappa shape index (κ1) is 24.7. The molecule has 3 heterocycles. The standard InChI is InChI=1S/C26H31F2N7/c1-7-35(26(3,4)5)21-12-17(11-18(27)24(21)29-6)23-19(28)14-31-25(34-23)33-22-9-8-16-13-30-15(2)10-20(16)32-22/h8-9,11-12,14-15,30H,6-7,10,13H2,1-5H3,(H,31,32,33,34). The number of rotatable bonds is 6. The van der Waals surface area contributed by atoms with Crippen molar-refractivity contribution in [2.45, 2.75) is 59.2 Å². The molecule has 0 spiro atoms. The van der Waals surface area contributed by atoms with Gasteiger partial charge in [0, 0.05) is 42.3 Å². The van der Waals surface area contributed by atoms with Crippen LogP contribution in [0.4, 0.5) is 31.9 Å². The number of nitrogens with one attached hydrogen (secondary N) is 2. The number of pyridine rings is 1. The van der Waals surface area contributed by atoms with Crippen LogP contribution < -0.4 is 15.5 Å². The fourth-order valence-corrected chi connectivity index (χ4v) is 4.42. The summed E-state index contributed by atoms with van der Waals surface area (Å²) in [7, 11) is 0. The molecule has 0 saturated carbocycles. The van der Waals surface area contributed by atoms with E-state index in [2.05, 4.69) is 44.2 Å². The SMILES string of the molecule is C=Nc1c(F)cc(-c2nc(Nc3ccc4c(n3)CC(C)NC4)ncc2F)cc1N(CC)C(C)(C)C. The molecule has 1 aliphatic rings. The third kappa shape index (κ3) is 5.14. The summed E-state index contributed by atoms with van der Waals surface area (Å²) in [4.78, 5) is 19.0. The topological polar surface area (TPSA) is 78.3 Å². The number of nitrogens with zero attached hydrogens (tertiary/aromatic N) is 5. The van der Waals surface area contributed by atoms with Gasteiger partial charge >= 0.3 is 0 Å². The van der Waals surface area contributed by atoms with Crippen LogP contribution in [0.1, 0.15) is 45.9 Å². The van der Waals surface area contributed by atoms with Gasteiger partial charge < -0.3 is 15.5 Å². The van der Waals surface area contributed by atoms with Gasteiger partial charge in [0.25, 0.3) is 0 Å². The Morgan fingerprint density at radius 3 is 2.66 bits per heavy atom. The van der Waals surface area contributed by atoms with E-state index in [0.717, 1.165) is 30.4 Å². The predicted octanol–water partition coefficient (Wildman–Crippen LogP) is 5.55. The van der Waals surface area contributed by atoms with Crippen molar-refractivity contribution < 1.29 is 8.78 Å². The zero-order valence-electron chi connectivity index (χ0n) is 20.8. The second-order valence-corrected chi connectivity index (χ2v) is 9.70. The molecule has 0 saturated heterocycles. The average molecular weight is 480 g/mol. The van der Waals surface area contributed by atoms with Crippen LogP contribution in [0, 0.1) is 11.6 Å². The number of aromatic nitrogens is 3. The molecule has 0 amide bonds. The van der Waals surface area contributed by atoms with Gasteiger partial charge in [-0.2, -0.15) is 0 Å². The Morgan fingerprint density at radius 1 is 1.20 bits per heavy atom. The van der Waals surface area contributed by atoms with Crippen LogP contribution in [0.3, 0.4) is 0 Å². The van der Waals surface area contributed by atoms with E-state index < -0.39 is 11.6 Å².